The molecule has 1 atom stereocenters. The first-order valence-electron chi connectivity index (χ1n) is 8.93. The lowest BCUT2D eigenvalue weighted by molar-refractivity contribution is -0.125. The van der Waals surface area contributed by atoms with E-state index >= 15 is 0 Å². The predicted octanol–water partition coefficient (Wildman–Crippen LogP) is 2.56. The summed E-state index contributed by atoms with van der Waals surface area (Å²) in [6, 6.07) is 12.0. The van der Waals surface area contributed by atoms with Gasteiger partial charge in [-0.05, 0) is 24.5 Å². The average Bonchev–Trinajstić information content (AvgIpc) is 2.72. The Morgan fingerprint density at radius 2 is 2.00 bits per heavy atom. The van der Waals surface area contributed by atoms with Crippen LogP contribution in [0.2, 0.25) is 0 Å². The Bertz CT molecular complexity index is 899. The molecule has 0 radical (unpaired) electrons. The fourth-order valence-corrected chi connectivity index (χ4v) is 3.38. The van der Waals surface area contributed by atoms with Gasteiger partial charge in [0.15, 0.2) is 5.65 Å². The van der Waals surface area contributed by atoms with Crippen LogP contribution in [0, 0.1) is 5.92 Å². The zero-order chi connectivity index (χ0) is 17.8. The first kappa shape index (κ1) is 16.4. The number of carbonyl (C=O) groups is 1. The van der Waals surface area contributed by atoms with Crippen LogP contribution in [-0.4, -0.2) is 33.9 Å². The van der Waals surface area contributed by atoms with Crippen LogP contribution in [0.5, 0.6) is 0 Å². The Balaban J connectivity index is 1.42. The molecule has 1 aliphatic heterocycles. The molecule has 6 nitrogen and oxygen atoms in total. The van der Waals surface area contributed by atoms with Gasteiger partial charge in [0.25, 0.3) is 0 Å². The molecule has 0 bridgehead atoms. The lowest BCUT2D eigenvalue weighted by Crippen LogP contribution is -2.43. The van der Waals surface area contributed by atoms with Crippen molar-refractivity contribution in [3.8, 4) is 0 Å². The summed E-state index contributed by atoms with van der Waals surface area (Å²) in [6.45, 7) is 2.20. The Morgan fingerprint density at radius 1 is 1.15 bits per heavy atom. The first-order valence-corrected chi connectivity index (χ1v) is 8.93. The van der Waals surface area contributed by atoms with E-state index in [9.17, 15) is 4.79 Å². The van der Waals surface area contributed by atoms with Gasteiger partial charge < -0.3 is 10.2 Å². The predicted molar refractivity (Wildman–Crippen MR) is 101 cm³/mol. The molecule has 1 fully saturated rings. The zero-order valence-electron chi connectivity index (χ0n) is 14.5. The van der Waals surface area contributed by atoms with E-state index in [0.717, 1.165) is 36.2 Å². The van der Waals surface area contributed by atoms with E-state index in [-0.39, 0.29) is 11.8 Å². The minimum absolute atomic E-state index is 0.00924. The van der Waals surface area contributed by atoms with E-state index in [1.54, 1.807) is 12.4 Å². The van der Waals surface area contributed by atoms with Crippen molar-refractivity contribution in [2.45, 2.75) is 19.4 Å². The van der Waals surface area contributed by atoms with Crippen LogP contribution in [0.3, 0.4) is 0 Å². The van der Waals surface area contributed by atoms with E-state index in [4.69, 9.17) is 0 Å². The number of rotatable bonds is 4. The summed E-state index contributed by atoms with van der Waals surface area (Å²) in [7, 11) is 0. The minimum Gasteiger partial charge on any atom is -0.369 e. The summed E-state index contributed by atoms with van der Waals surface area (Å²) >= 11 is 0. The van der Waals surface area contributed by atoms with Crippen molar-refractivity contribution >= 4 is 22.8 Å². The standard InChI is InChI=1S/C20H21N5O/c26-20(24-12-15-5-2-1-3-6-15)16-7-4-10-25(14-16)17-11-18-19(23-13-17)22-9-8-21-18/h1-3,5-6,8-9,11,13,16H,4,7,10,12,14H2,(H,24,26)/t16-/m0/s1. The maximum atomic E-state index is 12.6. The van der Waals surface area contributed by atoms with Gasteiger partial charge in [-0.1, -0.05) is 30.3 Å². The van der Waals surface area contributed by atoms with E-state index in [0.29, 0.717) is 18.7 Å². The molecule has 1 amide bonds. The highest BCUT2D eigenvalue weighted by Gasteiger charge is 2.26. The Morgan fingerprint density at radius 3 is 2.88 bits per heavy atom. The molecular weight excluding hydrogens is 326 g/mol. The molecule has 1 aromatic carbocycles. The molecule has 1 N–H and O–H groups in total. The van der Waals surface area contributed by atoms with Crippen molar-refractivity contribution in [2.75, 3.05) is 18.0 Å². The number of nitrogens with zero attached hydrogens (tertiary/aromatic N) is 4. The van der Waals surface area contributed by atoms with Crippen molar-refractivity contribution < 1.29 is 4.79 Å². The third-order valence-corrected chi connectivity index (χ3v) is 4.78. The van der Waals surface area contributed by atoms with Crippen LogP contribution in [0.15, 0.2) is 55.0 Å². The second-order valence-electron chi connectivity index (χ2n) is 6.58. The number of nitrogens with one attached hydrogen (secondary N) is 1. The molecule has 6 heteroatoms. The monoisotopic (exact) mass is 347 g/mol. The molecule has 1 aliphatic rings. The number of anilines is 1. The number of carbonyl (C=O) groups excluding carboxylic acids is 1. The Kier molecular flexibility index (Phi) is 4.73. The molecule has 4 rings (SSSR count). The van der Waals surface area contributed by atoms with E-state index in [1.165, 1.54) is 0 Å². The molecular formula is C20H21N5O. The molecule has 0 saturated carbocycles. The molecule has 2 aromatic heterocycles. The molecule has 26 heavy (non-hydrogen) atoms. The van der Waals surface area contributed by atoms with Gasteiger partial charge in [0.05, 0.1) is 17.8 Å². The van der Waals surface area contributed by atoms with E-state index in [1.807, 2.05) is 42.6 Å². The van der Waals surface area contributed by atoms with Crippen LogP contribution in [-0.2, 0) is 11.3 Å². The quantitative estimate of drug-likeness (QED) is 0.785. The van der Waals surface area contributed by atoms with Gasteiger partial charge in [-0.15, -0.1) is 0 Å². The largest absolute Gasteiger partial charge is 0.369 e. The summed E-state index contributed by atoms with van der Waals surface area (Å²) in [5.74, 6) is 0.108. The SMILES string of the molecule is O=C(NCc1ccccc1)[C@H]1CCCN(c2cnc3nccnc3c2)C1. The van der Waals surface area contributed by atoms with Gasteiger partial charge in [-0.25, -0.2) is 9.97 Å². The summed E-state index contributed by atoms with van der Waals surface area (Å²) in [4.78, 5) is 27.7. The van der Waals surface area contributed by atoms with Gasteiger partial charge in [-0.2, -0.15) is 0 Å². The van der Waals surface area contributed by atoms with Gasteiger partial charge >= 0.3 is 0 Å². The van der Waals surface area contributed by atoms with Crippen molar-refractivity contribution in [1.29, 1.82) is 0 Å². The van der Waals surface area contributed by atoms with Crippen molar-refractivity contribution in [3.63, 3.8) is 0 Å². The van der Waals surface area contributed by atoms with Crippen molar-refractivity contribution in [2.24, 2.45) is 5.92 Å². The fraction of sp³-hybridized carbons (Fsp3) is 0.300. The molecule has 1 saturated heterocycles. The summed E-state index contributed by atoms with van der Waals surface area (Å²) in [5, 5.41) is 3.07. The molecule has 0 aliphatic carbocycles. The number of hydrogen-bond donors (Lipinski definition) is 1. The van der Waals surface area contributed by atoms with E-state index in [2.05, 4.69) is 25.2 Å². The van der Waals surface area contributed by atoms with E-state index < -0.39 is 0 Å². The zero-order valence-corrected chi connectivity index (χ0v) is 14.5. The number of hydrogen-bond acceptors (Lipinski definition) is 5. The second kappa shape index (κ2) is 7.47. The normalized spacial score (nSPS) is 17.2. The fourth-order valence-electron chi connectivity index (χ4n) is 3.38. The third-order valence-electron chi connectivity index (χ3n) is 4.78. The molecule has 0 spiro atoms. The highest BCUT2D eigenvalue weighted by molar-refractivity contribution is 5.80. The number of aromatic nitrogens is 3. The van der Waals surface area contributed by atoms with Crippen LogP contribution in [0.1, 0.15) is 18.4 Å². The number of fused-ring (bicyclic) bond motifs is 1. The van der Waals surface area contributed by atoms with Crippen LogP contribution < -0.4 is 10.2 Å². The number of benzene rings is 1. The maximum Gasteiger partial charge on any atom is 0.225 e. The number of amides is 1. The van der Waals surface area contributed by atoms with Crippen molar-refractivity contribution in [1.82, 2.24) is 20.3 Å². The summed E-state index contributed by atoms with van der Waals surface area (Å²) < 4.78 is 0. The van der Waals surface area contributed by atoms with Crippen LogP contribution in [0.4, 0.5) is 5.69 Å². The van der Waals surface area contributed by atoms with Crippen LogP contribution >= 0.6 is 0 Å². The molecule has 132 valence electrons. The average molecular weight is 347 g/mol. The van der Waals surface area contributed by atoms with Gasteiger partial charge in [0.2, 0.25) is 5.91 Å². The smallest absolute Gasteiger partial charge is 0.225 e. The molecule has 3 aromatic rings. The second-order valence-corrected chi connectivity index (χ2v) is 6.58. The van der Waals surface area contributed by atoms with Gasteiger partial charge in [0.1, 0.15) is 5.52 Å². The topological polar surface area (TPSA) is 71.0 Å². The summed E-state index contributed by atoms with van der Waals surface area (Å²) in [6.07, 6.45) is 7.04. The molecule has 3 heterocycles. The maximum absolute atomic E-state index is 12.6. The van der Waals surface area contributed by atoms with Gasteiger partial charge in [-0.3, -0.25) is 9.78 Å². The Labute approximate surface area is 152 Å². The number of piperidine rings is 1. The first-order chi connectivity index (χ1) is 12.8. The lowest BCUT2D eigenvalue weighted by Gasteiger charge is -2.33. The van der Waals surface area contributed by atoms with Gasteiger partial charge in [0, 0.05) is 32.0 Å². The number of pyridine rings is 1. The highest BCUT2D eigenvalue weighted by atomic mass is 16.1. The third kappa shape index (κ3) is 3.64. The van der Waals surface area contributed by atoms with Crippen molar-refractivity contribution in [3.05, 3.63) is 60.6 Å². The molecule has 0 unspecified atom stereocenters. The summed E-state index contributed by atoms with van der Waals surface area (Å²) in [5.41, 5.74) is 3.54. The Hall–Kier alpha value is -3.02. The highest BCUT2D eigenvalue weighted by Crippen LogP contribution is 2.24. The lowest BCUT2D eigenvalue weighted by atomic mass is 9.96. The minimum atomic E-state index is -0.00924. The van der Waals surface area contributed by atoms with Crippen LogP contribution in [0.25, 0.3) is 11.2 Å².